The van der Waals surface area contributed by atoms with Crippen LogP contribution in [-0.4, -0.2) is 15.3 Å². The molecule has 5 heteroatoms. The average Bonchev–Trinajstić information content (AvgIpc) is 3.41. The van der Waals surface area contributed by atoms with Gasteiger partial charge in [0, 0.05) is 16.8 Å². The van der Waals surface area contributed by atoms with Crippen LogP contribution in [-0.2, 0) is 5.54 Å². The molecule has 0 radical (unpaired) electrons. The molecule has 4 aromatic rings. The van der Waals surface area contributed by atoms with Crippen molar-refractivity contribution in [3.8, 4) is 11.4 Å². The predicted molar refractivity (Wildman–Crippen MR) is 110 cm³/mol. The molecule has 0 bridgehead atoms. The second kappa shape index (κ2) is 6.50. The van der Waals surface area contributed by atoms with Crippen molar-refractivity contribution in [1.29, 1.82) is 0 Å². The van der Waals surface area contributed by atoms with Crippen molar-refractivity contribution in [2.24, 2.45) is 0 Å². The van der Waals surface area contributed by atoms with E-state index in [0.29, 0.717) is 10.7 Å². The molecule has 0 atom stereocenters. The molecule has 2 aromatic heterocycles. The molecule has 0 spiro atoms. The fourth-order valence-corrected chi connectivity index (χ4v) is 3.78. The van der Waals surface area contributed by atoms with E-state index < -0.39 is 0 Å². The van der Waals surface area contributed by atoms with Gasteiger partial charge in [0.15, 0.2) is 5.69 Å². The van der Waals surface area contributed by atoms with E-state index in [1.54, 1.807) is 0 Å². The van der Waals surface area contributed by atoms with Gasteiger partial charge in [0.1, 0.15) is 5.82 Å². The van der Waals surface area contributed by atoms with Gasteiger partial charge >= 0.3 is 0 Å². The van der Waals surface area contributed by atoms with Crippen LogP contribution >= 0.6 is 11.6 Å². The molecule has 0 unspecified atom stereocenters. The van der Waals surface area contributed by atoms with E-state index in [1.807, 2.05) is 71.3 Å². The number of hydrogen-bond donors (Lipinski definition) is 1. The van der Waals surface area contributed by atoms with Crippen molar-refractivity contribution < 1.29 is 4.79 Å². The first-order valence-electron chi connectivity index (χ1n) is 9.27. The fourth-order valence-electron chi connectivity index (χ4n) is 3.65. The van der Waals surface area contributed by atoms with Gasteiger partial charge in [-0.2, -0.15) is 0 Å². The second-order valence-electron chi connectivity index (χ2n) is 7.15. The minimum atomic E-state index is -0.274. The Morgan fingerprint density at radius 2 is 1.68 bits per heavy atom. The first-order chi connectivity index (χ1) is 13.7. The van der Waals surface area contributed by atoms with Crippen molar-refractivity contribution in [2.75, 3.05) is 0 Å². The molecule has 1 N–H and O–H groups in total. The number of nitrogens with one attached hydrogen (secondary N) is 1. The van der Waals surface area contributed by atoms with Gasteiger partial charge in [-0.25, -0.2) is 4.98 Å². The molecule has 28 heavy (non-hydrogen) atoms. The molecule has 1 aliphatic rings. The largest absolute Gasteiger partial charge is 0.341 e. The molecule has 0 aliphatic heterocycles. The first-order valence-corrected chi connectivity index (χ1v) is 9.65. The van der Waals surface area contributed by atoms with Crippen LogP contribution < -0.4 is 5.32 Å². The van der Waals surface area contributed by atoms with E-state index in [-0.39, 0.29) is 11.4 Å². The number of carbonyl (C=O) groups is 1. The highest BCUT2D eigenvalue weighted by Crippen LogP contribution is 2.45. The van der Waals surface area contributed by atoms with E-state index in [9.17, 15) is 4.79 Å². The quantitative estimate of drug-likeness (QED) is 0.531. The van der Waals surface area contributed by atoms with Crippen molar-refractivity contribution >= 4 is 23.0 Å². The smallest absolute Gasteiger partial charge is 0.272 e. The Bertz CT molecular complexity index is 1160. The molecule has 5 rings (SSSR count). The van der Waals surface area contributed by atoms with Gasteiger partial charge < -0.3 is 5.32 Å². The van der Waals surface area contributed by atoms with E-state index in [0.717, 1.165) is 35.3 Å². The molecule has 1 aliphatic carbocycles. The van der Waals surface area contributed by atoms with Crippen molar-refractivity contribution in [3.63, 3.8) is 0 Å². The predicted octanol–water partition coefficient (Wildman–Crippen LogP) is 5.07. The van der Waals surface area contributed by atoms with Crippen LogP contribution in [0, 0.1) is 0 Å². The van der Waals surface area contributed by atoms with Crippen LogP contribution in [0.2, 0.25) is 5.02 Å². The molecule has 0 saturated heterocycles. The third kappa shape index (κ3) is 2.86. The van der Waals surface area contributed by atoms with Crippen LogP contribution in [0.5, 0.6) is 0 Å². The number of fused-ring (bicyclic) bond motifs is 1. The van der Waals surface area contributed by atoms with Crippen LogP contribution in [0.1, 0.15) is 28.9 Å². The summed E-state index contributed by atoms with van der Waals surface area (Å²) in [5.74, 6) is 0.576. The number of carbonyl (C=O) groups excluding carboxylic acids is 1. The van der Waals surface area contributed by atoms with Crippen LogP contribution in [0.15, 0.2) is 79.0 Å². The topological polar surface area (TPSA) is 46.4 Å². The number of aromatic nitrogens is 2. The summed E-state index contributed by atoms with van der Waals surface area (Å²) in [6.45, 7) is 0. The lowest BCUT2D eigenvalue weighted by atomic mass is 10.0. The normalized spacial score (nSPS) is 14.8. The standard InChI is InChI=1S/C23H18ClN3O/c24-18-11-9-16(10-12-18)21-25-20(19-8-4-5-15-27(19)21)22(28)26-23(13-14-23)17-6-2-1-3-7-17/h1-12,15H,13-14H2,(H,26,28). The number of benzene rings is 2. The number of imidazole rings is 1. The maximum atomic E-state index is 13.2. The van der Waals surface area contributed by atoms with Gasteiger partial charge in [-0.1, -0.05) is 48.0 Å². The monoisotopic (exact) mass is 387 g/mol. The summed E-state index contributed by atoms with van der Waals surface area (Å²) in [5.41, 5.74) is 3.00. The maximum absolute atomic E-state index is 13.2. The Kier molecular flexibility index (Phi) is 3.95. The molecule has 138 valence electrons. The number of hydrogen-bond acceptors (Lipinski definition) is 2. The van der Waals surface area contributed by atoms with Crippen LogP contribution in [0.4, 0.5) is 0 Å². The number of halogens is 1. The molecule has 1 amide bonds. The third-order valence-corrected chi connectivity index (χ3v) is 5.55. The molecule has 2 heterocycles. The minimum Gasteiger partial charge on any atom is -0.341 e. The van der Waals surface area contributed by atoms with Gasteiger partial charge in [0.05, 0.1) is 11.1 Å². The average molecular weight is 388 g/mol. The van der Waals surface area contributed by atoms with Crippen molar-refractivity contribution in [3.05, 3.63) is 95.3 Å². The lowest BCUT2D eigenvalue weighted by Crippen LogP contribution is -2.35. The summed E-state index contributed by atoms with van der Waals surface area (Å²) in [7, 11) is 0. The summed E-state index contributed by atoms with van der Waals surface area (Å²) in [5, 5.41) is 3.90. The number of rotatable bonds is 4. The Morgan fingerprint density at radius 3 is 2.39 bits per heavy atom. The van der Waals surface area contributed by atoms with Crippen LogP contribution in [0.3, 0.4) is 0 Å². The van der Waals surface area contributed by atoms with Gasteiger partial charge in [-0.05, 0) is 54.8 Å². The SMILES string of the molecule is O=C(NC1(c2ccccc2)CC1)c1nc(-c2ccc(Cl)cc2)n2ccccc12. The summed E-state index contributed by atoms with van der Waals surface area (Å²) < 4.78 is 1.94. The van der Waals surface area contributed by atoms with Crippen molar-refractivity contribution in [1.82, 2.24) is 14.7 Å². The minimum absolute atomic E-state index is 0.148. The van der Waals surface area contributed by atoms with Crippen molar-refractivity contribution in [2.45, 2.75) is 18.4 Å². The number of nitrogens with zero attached hydrogens (tertiary/aromatic N) is 2. The van der Waals surface area contributed by atoms with Gasteiger partial charge in [0.25, 0.3) is 5.91 Å². The molecular formula is C23H18ClN3O. The fraction of sp³-hybridized carbons (Fsp3) is 0.130. The van der Waals surface area contributed by atoms with E-state index in [4.69, 9.17) is 16.6 Å². The second-order valence-corrected chi connectivity index (χ2v) is 7.59. The first kappa shape index (κ1) is 17.0. The summed E-state index contributed by atoms with van der Waals surface area (Å²) in [6.07, 6.45) is 3.81. The van der Waals surface area contributed by atoms with E-state index in [1.165, 1.54) is 0 Å². The summed E-state index contributed by atoms with van der Waals surface area (Å²) >= 11 is 6.02. The maximum Gasteiger partial charge on any atom is 0.272 e. The molecule has 2 aromatic carbocycles. The molecule has 4 nitrogen and oxygen atoms in total. The van der Waals surface area contributed by atoms with Gasteiger partial charge in [0.2, 0.25) is 0 Å². The zero-order chi connectivity index (χ0) is 19.1. The van der Waals surface area contributed by atoms with E-state index in [2.05, 4.69) is 17.4 Å². The zero-order valence-electron chi connectivity index (χ0n) is 15.1. The Balaban J connectivity index is 1.54. The summed E-state index contributed by atoms with van der Waals surface area (Å²) in [4.78, 5) is 17.9. The molecule has 1 saturated carbocycles. The lowest BCUT2D eigenvalue weighted by molar-refractivity contribution is 0.0928. The molecular weight excluding hydrogens is 370 g/mol. The van der Waals surface area contributed by atoms with Crippen LogP contribution in [0.25, 0.3) is 16.9 Å². The molecule has 1 fully saturated rings. The Labute approximate surface area is 167 Å². The lowest BCUT2D eigenvalue weighted by Gasteiger charge is -2.17. The Morgan fingerprint density at radius 1 is 0.964 bits per heavy atom. The third-order valence-electron chi connectivity index (χ3n) is 5.30. The Hall–Kier alpha value is -3.11. The van der Waals surface area contributed by atoms with E-state index >= 15 is 0 Å². The van der Waals surface area contributed by atoms with Gasteiger partial charge in [-0.15, -0.1) is 0 Å². The zero-order valence-corrected chi connectivity index (χ0v) is 15.9. The van der Waals surface area contributed by atoms with Gasteiger partial charge in [-0.3, -0.25) is 9.20 Å². The highest BCUT2D eigenvalue weighted by atomic mass is 35.5. The summed E-state index contributed by atoms with van der Waals surface area (Å²) in [6, 6.07) is 23.4. The highest BCUT2D eigenvalue weighted by Gasteiger charge is 2.46. The highest BCUT2D eigenvalue weighted by molar-refractivity contribution is 6.30. The number of pyridine rings is 1. The number of amides is 1.